The molecule has 316 valence electrons. The number of rotatable bonds is 34. The lowest BCUT2D eigenvalue weighted by Gasteiger charge is -2.14. The van der Waals surface area contributed by atoms with Gasteiger partial charge >= 0.3 is 6.09 Å². The molecule has 57 heavy (non-hydrogen) atoms. The monoisotopic (exact) mass is 819 g/mol. The van der Waals surface area contributed by atoms with E-state index in [1.54, 1.807) is 18.2 Å². The molecule has 0 saturated carbocycles. The van der Waals surface area contributed by atoms with Crippen molar-refractivity contribution in [2.24, 2.45) is 0 Å². The van der Waals surface area contributed by atoms with Crippen molar-refractivity contribution >= 4 is 16.2 Å². The third kappa shape index (κ3) is 18.7. The number of hydrogen-bond donors (Lipinski definition) is 1. The van der Waals surface area contributed by atoms with E-state index < -0.39 is 16.2 Å². The topological polar surface area (TPSA) is 165 Å². The lowest BCUT2D eigenvalue weighted by Crippen LogP contribution is -2.29. The molecule has 0 unspecified atom stereocenters. The van der Waals surface area contributed by atoms with Crippen molar-refractivity contribution in [2.45, 2.75) is 10.8 Å². The highest BCUT2D eigenvalue weighted by Gasteiger charge is 2.29. The van der Waals surface area contributed by atoms with E-state index in [4.69, 9.17) is 51.6 Å². The summed E-state index contributed by atoms with van der Waals surface area (Å²) in [6.45, 7) is 8.00. The van der Waals surface area contributed by atoms with Gasteiger partial charge in [-0.3, -0.25) is 4.18 Å². The van der Waals surface area contributed by atoms with E-state index in [1.165, 1.54) is 34.4 Å². The average molecular weight is 820 g/mol. The highest BCUT2D eigenvalue weighted by atomic mass is 32.2. The highest BCUT2D eigenvalue weighted by molar-refractivity contribution is 7.86. The Labute approximate surface area is 336 Å². The predicted molar refractivity (Wildman–Crippen MR) is 210 cm³/mol. The second-order valence-corrected chi connectivity index (χ2v) is 14.0. The minimum Gasteiger partial charge on any atom is -0.449 e. The number of ether oxygens (including phenoxy) is 10. The fourth-order valence-corrected chi connectivity index (χ4v) is 6.51. The van der Waals surface area contributed by atoms with Crippen molar-refractivity contribution in [3.63, 3.8) is 0 Å². The van der Waals surface area contributed by atoms with Gasteiger partial charge in [0.25, 0.3) is 10.1 Å². The summed E-state index contributed by atoms with van der Waals surface area (Å²) in [6, 6.07) is 24.4. The van der Waals surface area contributed by atoms with Gasteiger partial charge in [0, 0.05) is 12.5 Å². The van der Waals surface area contributed by atoms with Gasteiger partial charge in [0.05, 0.1) is 130 Å². The number of hydrogen-bond acceptors (Lipinski definition) is 14. The molecule has 1 aliphatic rings. The summed E-state index contributed by atoms with van der Waals surface area (Å²) in [5.74, 6) is 0.0293. The summed E-state index contributed by atoms with van der Waals surface area (Å²) in [7, 11) is -3.77. The van der Waals surface area contributed by atoms with Crippen LogP contribution in [0.2, 0.25) is 0 Å². The predicted octanol–water partition coefficient (Wildman–Crippen LogP) is 4.08. The van der Waals surface area contributed by atoms with Crippen LogP contribution in [0.15, 0.2) is 83.8 Å². The van der Waals surface area contributed by atoms with Gasteiger partial charge in [0.2, 0.25) is 0 Å². The van der Waals surface area contributed by atoms with Crippen LogP contribution < -0.4 is 5.32 Å². The summed E-state index contributed by atoms with van der Waals surface area (Å²) in [4.78, 5) is 12.4. The van der Waals surface area contributed by atoms with Crippen LogP contribution in [0.3, 0.4) is 0 Å². The van der Waals surface area contributed by atoms with Crippen molar-refractivity contribution in [3.05, 3.63) is 90.0 Å². The smallest absolute Gasteiger partial charge is 0.407 e. The molecule has 0 aromatic heterocycles. The van der Waals surface area contributed by atoms with Crippen LogP contribution in [-0.2, 0) is 61.7 Å². The first-order chi connectivity index (χ1) is 28.1. The zero-order chi connectivity index (χ0) is 40.1. The number of fused-ring (bicyclic) bond motifs is 3. The van der Waals surface area contributed by atoms with Gasteiger partial charge in [0.15, 0.2) is 0 Å². The van der Waals surface area contributed by atoms with Gasteiger partial charge in [-0.15, -0.1) is 0 Å². The van der Waals surface area contributed by atoms with Gasteiger partial charge in [-0.2, -0.15) is 8.42 Å². The van der Waals surface area contributed by atoms with Crippen LogP contribution in [0.1, 0.15) is 17.0 Å². The first kappa shape index (κ1) is 46.2. The van der Waals surface area contributed by atoms with E-state index in [2.05, 4.69) is 29.6 Å². The molecule has 0 aliphatic heterocycles. The Hall–Kier alpha value is -3.52. The van der Waals surface area contributed by atoms with E-state index in [9.17, 15) is 13.2 Å². The van der Waals surface area contributed by atoms with Crippen LogP contribution in [0.5, 0.6) is 0 Å². The van der Waals surface area contributed by atoms with E-state index >= 15 is 0 Å². The minimum absolute atomic E-state index is 0.0293. The molecule has 4 rings (SSSR count). The van der Waals surface area contributed by atoms with Crippen molar-refractivity contribution < 1.29 is 64.8 Å². The molecule has 0 fully saturated rings. The molecule has 3 aromatic rings. The molecule has 1 amide bonds. The second-order valence-electron chi connectivity index (χ2n) is 12.4. The van der Waals surface area contributed by atoms with Crippen LogP contribution in [-0.4, -0.2) is 153 Å². The standard InChI is InChI=1S/C41H57NO14S/c43-41(55-34-40-38-12-6-4-10-36(38)37-11-5-7-13-39(37)40)42-14-15-46-16-17-47-18-19-48-20-21-49-22-23-50-24-25-51-26-27-52-28-29-53-30-31-54-32-33-56-57(44,45)35-8-2-1-3-9-35/h1-13,40H,14-34H2,(H,42,43). The Balaban J connectivity index is 0.794. The van der Waals surface area contributed by atoms with Crippen LogP contribution in [0.4, 0.5) is 4.79 Å². The fraction of sp³-hybridized carbons (Fsp3) is 0.537. The maximum Gasteiger partial charge on any atom is 0.407 e. The quantitative estimate of drug-likeness (QED) is 0.0677. The van der Waals surface area contributed by atoms with Gasteiger partial charge in [0.1, 0.15) is 6.61 Å². The molecule has 15 nitrogen and oxygen atoms in total. The summed E-state index contributed by atoms with van der Waals surface area (Å²) in [5.41, 5.74) is 4.75. The fourth-order valence-electron chi connectivity index (χ4n) is 5.59. The van der Waals surface area contributed by atoms with Crippen molar-refractivity contribution in [1.29, 1.82) is 0 Å². The van der Waals surface area contributed by atoms with Gasteiger partial charge < -0.3 is 52.7 Å². The van der Waals surface area contributed by atoms with Crippen molar-refractivity contribution in [3.8, 4) is 11.1 Å². The number of amides is 1. The summed E-state index contributed by atoms with van der Waals surface area (Å²) < 4.78 is 83.7. The van der Waals surface area contributed by atoms with Crippen LogP contribution in [0, 0.1) is 0 Å². The van der Waals surface area contributed by atoms with Gasteiger partial charge in [-0.25, -0.2) is 4.79 Å². The molecular weight excluding hydrogens is 763 g/mol. The summed E-state index contributed by atoms with van der Waals surface area (Å²) >= 11 is 0. The normalized spacial score (nSPS) is 12.4. The number of benzene rings is 3. The van der Waals surface area contributed by atoms with E-state index in [0.717, 1.165) is 0 Å². The molecule has 1 aliphatic carbocycles. The summed E-state index contributed by atoms with van der Waals surface area (Å²) in [6.07, 6.45) is -0.460. The van der Waals surface area contributed by atoms with Gasteiger partial charge in [-0.05, 0) is 34.4 Å². The molecule has 3 aromatic carbocycles. The zero-order valence-corrected chi connectivity index (χ0v) is 33.4. The van der Waals surface area contributed by atoms with E-state index in [-0.39, 0.29) is 30.6 Å². The molecule has 0 bridgehead atoms. The number of alkyl carbamates (subject to hydrolysis) is 1. The van der Waals surface area contributed by atoms with Crippen molar-refractivity contribution in [2.75, 3.05) is 139 Å². The highest BCUT2D eigenvalue weighted by Crippen LogP contribution is 2.44. The third-order valence-corrected chi connectivity index (χ3v) is 9.66. The molecular formula is C41H57NO14S. The molecule has 0 spiro atoms. The molecule has 1 N–H and O–H groups in total. The SMILES string of the molecule is O=C(NCCOCCOCCOCCOCCOCCOCCOCCOCCOCCOS(=O)(=O)c1ccccc1)OCC1c2ccccc2-c2ccccc21. The second kappa shape index (κ2) is 28.8. The average Bonchev–Trinajstić information content (AvgIpc) is 3.55. The van der Waals surface area contributed by atoms with E-state index in [1.807, 2.05) is 24.3 Å². The minimum atomic E-state index is -3.77. The van der Waals surface area contributed by atoms with Gasteiger partial charge in [-0.1, -0.05) is 66.7 Å². The number of nitrogens with one attached hydrogen (secondary N) is 1. The first-order valence-electron chi connectivity index (χ1n) is 19.3. The summed E-state index contributed by atoms with van der Waals surface area (Å²) in [5, 5.41) is 2.74. The van der Waals surface area contributed by atoms with Crippen molar-refractivity contribution in [1.82, 2.24) is 5.32 Å². The lowest BCUT2D eigenvalue weighted by atomic mass is 9.98. The van der Waals surface area contributed by atoms with Crippen LogP contribution in [0.25, 0.3) is 11.1 Å². The lowest BCUT2D eigenvalue weighted by molar-refractivity contribution is -0.0253. The molecule has 0 radical (unpaired) electrons. The number of carbonyl (C=O) groups is 1. The molecule has 0 saturated heterocycles. The Morgan fingerprint density at radius 1 is 0.456 bits per heavy atom. The molecule has 16 heteroatoms. The Kier molecular flexibility index (Phi) is 23.3. The first-order valence-corrected chi connectivity index (χ1v) is 20.7. The number of carbonyl (C=O) groups excluding carboxylic acids is 1. The zero-order valence-electron chi connectivity index (χ0n) is 32.6. The Morgan fingerprint density at radius 3 is 1.23 bits per heavy atom. The molecule has 0 heterocycles. The Morgan fingerprint density at radius 2 is 0.807 bits per heavy atom. The van der Waals surface area contributed by atoms with Crippen LogP contribution >= 0.6 is 0 Å². The van der Waals surface area contributed by atoms with E-state index in [0.29, 0.717) is 119 Å². The Bertz CT molecular complexity index is 1570. The molecule has 0 atom stereocenters. The maximum atomic E-state index is 12.2. The largest absolute Gasteiger partial charge is 0.449 e. The third-order valence-electron chi connectivity index (χ3n) is 8.33. The maximum absolute atomic E-state index is 12.2.